The first-order chi connectivity index (χ1) is 5.83. The molecule has 2 atom stereocenters. The predicted molar refractivity (Wildman–Crippen MR) is 51.3 cm³/mol. The Labute approximate surface area is 75.7 Å². The largest absolute Gasteiger partial charge is 0.381 e. The monoisotopic (exact) mass is 171 g/mol. The van der Waals surface area contributed by atoms with Crippen LogP contribution in [0.3, 0.4) is 0 Å². The first-order valence-electron chi connectivity index (χ1n) is 5.14. The summed E-state index contributed by atoms with van der Waals surface area (Å²) in [6, 6.07) is 0.715. The molecule has 0 aromatic heterocycles. The van der Waals surface area contributed by atoms with Gasteiger partial charge in [-0.3, -0.25) is 0 Å². The molecule has 0 aromatic carbocycles. The van der Waals surface area contributed by atoms with Crippen LogP contribution in [0.1, 0.15) is 33.1 Å². The van der Waals surface area contributed by atoms with Gasteiger partial charge in [-0.25, -0.2) is 0 Å². The van der Waals surface area contributed by atoms with Crippen LogP contribution >= 0.6 is 0 Å². The smallest absolute Gasteiger partial charge is 0.0506 e. The van der Waals surface area contributed by atoms with Gasteiger partial charge in [0, 0.05) is 19.2 Å². The van der Waals surface area contributed by atoms with Crippen molar-refractivity contribution in [3.63, 3.8) is 0 Å². The highest BCUT2D eigenvalue weighted by molar-refractivity contribution is 4.74. The van der Waals surface area contributed by atoms with E-state index in [1.54, 1.807) is 0 Å². The third-order valence-electron chi connectivity index (χ3n) is 2.46. The van der Waals surface area contributed by atoms with E-state index < -0.39 is 0 Å². The van der Waals surface area contributed by atoms with E-state index in [-0.39, 0.29) is 0 Å². The second-order valence-electron chi connectivity index (χ2n) is 3.83. The lowest BCUT2D eigenvalue weighted by Gasteiger charge is -2.27. The van der Waals surface area contributed by atoms with Gasteiger partial charge < -0.3 is 10.1 Å². The molecule has 0 bridgehead atoms. The maximum absolute atomic E-state index is 5.52. The van der Waals surface area contributed by atoms with Gasteiger partial charge in [0.15, 0.2) is 0 Å². The summed E-state index contributed by atoms with van der Waals surface area (Å²) in [7, 11) is 0. The lowest BCUT2D eigenvalue weighted by Crippen LogP contribution is -2.38. The van der Waals surface area contributed by atoms with Crippen LogP contribution in [0.15, 0.2) is 0 Å². The van der Waals surface area contributed by atoms with E-state index >= 15 is 0 Å². The fourth-order valence-electron chi connectivity index (χ4n) is 1.59. The minimum atomic E-state index is 0.715. The molecule has 1 saturated heterocycles. The zero-order valence-corrected chi connectivity index (χ0v) is 8.31. The fourth-order valence-corrected chi connectivity index (χ4v) is 1.59. The molecule has 1 N–H and O–H groups in total. The Hall–Kier alpha value is -0.0800. The molecule has 0 amide bonds. The highest BCUT2D eigenvalue weighted by atomic mass is 16.5. The number of rotatable bonds is 4. The second kappa shape index (κ2) is 5.55. The van der Waals surface area contributed by atoms with E-state index in [2.05, 4.69) is 19.2 Å². The summed E-state index contributed by atoms with van der Waals surface area (Å²) >= 11 is 0. The average Bonchev–Trinajstić information content (AvgIpc) is 2.09. The Balaban J connectivity index is 2.01. The Kier molecular flexibility index (Phi) is 4.62. The van der Waals surface area contributed by atoms with Crippen molar-refractivity contribution in [3.8, 4) is 0 Å². The molecular formula is C10H21NO. The molecule has 0 aromatic rings. The van der Waals surface area contributed by atoms with Crippen molar-refractivity contribution in [3.05, 3.63) is 0 Å². The standard InChI is InChI=1S/C10H21NO/c1-3-6-12-8-10-5-4-9(2)11-7-10/h9-11H,3-8H2,1-2H3. The van der Waals surface area contributed by atoms with Crippen LogP contribution in [-0.4, -0.2) is 25.8 Å². The molecule has 1 fully saturated rings. The van der Waals surface area contributed by atoms with Gasteiger partial charge in [0.25, 0.3) is 0 Å². The van der Waals surface area contributed by atoms with Crippen molar-refractivity contribution in [2.24, 2.45) is 5.92 Å². The normalized spacial score (nSPS) is 30.5. The van der Waals surface area contributed by atoms with E-state index in [0.29, 0.717) is 6.04 Å². The van der Waals surface area contributed by atoms with E-state index in [0.717, 1.165) is 32.1 Å². The van der Waals surface area contributed by atoms with E-state index in [1.165, 1.54) is 12.8 Å². The van der Waals surface area contributed by atoms with Crippen LogP contribution in [0.5, 0.6) is 0 Å². The molecule has 1 rings (SSSR count). The average molecular weight is 171 g/mol. The topological polar surface area (TPSA) is 21.3 Å². The quantitative estimate of drug-likeness (QED) is 0.651. The molecule has 2 unspecified atom stereocenters. The van der Waals surface area contributed by atoms with E-state index in [4.69, 9.17) is 4.74 Å². The molecule has 12 heavy (non-hydrogen) atoms. The molecule has 1 aliphatic rings. The lowest BCUT2D eigenvalue weighted by molar-refractivity contribution is 0.0863. The van der Waals surface area contributed by atoms with Crippen molar-refractivity contribution >= 4 is 0 Å². The number of ether oxygens (including phenoxy) is 1. The fraction of sp³-hybridized carbons (Fsp3) is 1.00. The Morgan fingerprint density at radius 2 is 2.25 bits per heavy atom. The highest BCUT2D eigenvalue weighted by Gasteiger charge is 2.16. The third kappa shape index (κ3) is 3.55. The van der Waals surface area contributed by atoms with Crippen molar-refractivity contribution in [1.29, 1.82) is 0 Å². The molecule has 2 heteroatoms. The molecule has 1 heterocycles. The SMILES string of the molecule is CCCOCC1CCC(C)NC1. The van der Waals surface area contributed by atoms with Crippen molar-refractivity contribution < 1.29 is 4.74 Å². The van der Waals surface area contributed by atoms with Crippen LogP contribution in [0.2, 0.25) is 0 Å². The third-order valence-corrected chi connectivity index (χ3v) is 2.46. The molecule has 0 saturated carbocycles. The summed E-state index contributed by atoms with van der Waals surface area (Å²) in [5.74, 6) is 0.757. The summed E-state index contributed by atoms with van der Waals surface area (Å²) < 4.78 is 5.52. The summed E-state index contributed by atoms with van der Waals surface area (Å²) in [6.45, 7) is 7.43. The molecule has 0 radical (unpaired) electrons. The molecule has 1 aliphatic heterocycles. The van der Waals surface area contributed by atoms with E-state index in [1.807, 2.05) is 0 Å². The lowest BCUT2D eigenvalue weighted by atomic mass is 9.96. The summed E-state index contributed by atoms with van der Waals surface area (Å²) in [4.78, 5) is 0. The number of nitrogens with one attached hydrogen (secondary N) is 1. The first-order valence-corrected chi connectivity index (χ1v) is 5.14. The number of hydrogen-bond donors (Lipinski definition) is 1. The van der Waals surface area contributed by atoms with Gasteiger partial charge in [-0.2, -0.15) is 0 Å². The summed E-state index contributed by atoms with van der Waals surface area (Å²) in [6.07, 6.45) is 3.77. The van der Waals surface area contributed by atoms with Crippen LogP contribution < -0.4 is 5.32 Å². The van der Waals surface area contributed by atoms with Gasteiger partial charge >= 0.3 is 0 Å². The van der Waals surface area contributed by atoms with Crippen LogP contribution in [0, 0.1) is 5.92 Å². The Bertz CT molecular complexity index is 108. The van der Waals surface area contributed by atoms with Gasteiger partial charge in [-0.1, -0.05) is 6.92 Å². The maximum Gasteiger partial charge on any atom is 0.0506 e. The summed E-state index contributed by atoms with van der Waals surface area (Å²) in [5, 5.41) is 3.48. The van der Waals surface area contributed by atoms with Gasteiger partial charge in [0.1, 0.15) is 0 Å². The van der Waals surface area contributed by atoms with Crippen molar-refractivity contribution in [2.75, 3.05) is 19.8 Å². The summed E-state index contributed by atoms with van der Waals surface area (Å²) in [5.41, 5.74) is 0. The van der Waals surface area contributed by atoms with E-state index in [9.17, 15) is 0 Å². The van der Waals surface area contributed by atoms with Crippen LogP contribution in [0.4, 0.5) is 0 Å². The molecule has 72 valence electrons. The number of piperidine rings is 1. The van der Waals surface area contributed by atoms with Crippen LogP contribution in [-0.2, 0) is 4.74 Å². The molecule has 0 aliphatic carbocycles. The second-order valence-corrected chi connectivity index (χ2v) is 3.83. The maximum atomic E-state index is 5.52. The van der Waals surface area contributed by atoms with Crippen LogP contribution in [0.25, 0.3) is 0 Å². The van der Waals surface area contributed by atoms with Crippen molar-refractivity contribution in [1.82, 2.24) is 5.32 Å². The number of hydrogen-bond acceptors (Lipinski definition) is 2. The van der Waals surface area contributed by atoms with Gasteiger partial charge in [0.2, 0.25) is 0 Å². The minimum absolute atomic E-state index is 0.715. The van der Waals surface area contributed by atoms with Crippen molar-refractivity contribution in [2.45, 2.75) is 39.2 Å². The Morgan fingerprint density at radius 1 is 1.42 bits per heavy atom. The van der Waals surface area contributed by atoms with Gasteiger partial charge in [-0.05, 0) is 32.1 Å². The zero-order valence-electron chi connectivity index (χ0n) is 8.31. The molecule has 0 spiro atoms. The minimum Gasteiger partial charge on any atom is -0.381 e. The predicted octanol–water partition coefficient (Wildman–Crippen LogP) is 1.80. The first kappa shape index (κ1) is 10.0. The molecular weight excluding hydrogens is 150 g/mol. The zero-order chi connectivity index (χ0) is 8.81. The van der Waals surface area contributed by atoms with Gasteiger partial charge in [-0.15, -0.1) is 0 Å². The molecule has 2 nitrogen and oxygen atoms in total. The Morgan fingerprint density at radius 3 is 2.83 bits per heavy atom. The van der Waals surface area contributed by atoms with Gasteiger partial charge in [0.05, 0.1) is 6.61 Å². The highest BCUT2D eigenvalue weighted by Crippen LogP contribution is 2.14.